The highest BCUT2D eigenvalue weighted by Gasteiger charge is 2.35. The first kappa shape index (κ1) is 16.3. The van der Waals surface area contributed by atoms with Crippen LogP contribution in [-0.2, 0) is 16.0 Å². The van der Waals surface area contributed by atoms with E-state index in [2.05, 4.69) is 0 Å². The Hall–Kier alpha value is -2.54. The number of aryl methyl sites for hydroxylation is 1. The summed E-state index contributed by atoms with van der Waals surface area (Å²) in [6.45, 7) is 1.86. The smallest absolute Gasteiger partial charge is 0.313 e. The zero-order valence-corrected chi connectivity index (χ0v) is 14.0. The van der Waals surface area contributed by atoms with Crippen molar-refractivity contribution in [3.8, 4) is 0 Å². The van der Waals surface area contributed by atoms with Gasteiger partial charge in [-0.3, -0.25) is 19.7 Å². The van der Waals surface area contributed by atoms with E-state index in [9.17, 15) is 19.7 Å². The fourth-order valence-electron chi connectivity index (χ4n) is 3.11. The molecule has 0 aliphatic heterocycles. The van der Waals surface area contributed by atoms with Gasteiger partial charge in [-0.15, -0.1) is 11.3 Å². The number of nitro benzene ring substituents is 1. The van der Waals surface area contributed by atoms with Gasteiger partial charge in [0.1, 0.15) is 0 Å². The predicted octanol–water partition coefficient (Wildman–Crippen LogP) is 3.40. The van der Waals surface area contributed by atoms with Gasteiger partial charge in [0.2, 0.25) is 0 Å². The molecule has 1 aromatic heterocycles. The van der Waals surface area contributed by atoms with Gasteiger partial charge in [0.05, 0.1) is 18.0 Å². The molecular formula is C17H15NO5S. The normalized spacial score (nSPS) is 15.8. The molecule has 1 aliphatic carbocycles. The highest BCUT2D eigenvalue weighted by atomic mass is 32.1. The fraction of sp³-hybridized carbons (Fsp3) is 0.294. The maximum atomic E-state index is 12.8. The number of methoxy groups -OCH3 is 1. The molecule has 1 atom stereocenters. The lowest BCUT2D eigenvalue weighted by molar-refractivity contribution is -0.384. The molecule has 0 N–H and O–H groups in total. The number of hydrogen-bond donors (Lipinski definition) is 0. The second kappa shape index (κ2) is 6.16. The lowest BCUT2D eigenvalue weighted by Gasteiger charge is -2.05. The average Bonchev–Trinajstić information content (AvgIpc) is 3.11. The number of carbonyl (C=O) groups excluding carboxylic acids is 2. The first-order valence-corrected chi connectivity index (χ1v) is 8.24. The Morgan fingerprint density at radius 2 is 1.96 bits per heavy atom. The van der Waals surface area contributed by atoms with Crippen LogP contribution >= 0.6 is 11.3 Å². The summed E-state index contributed by atoms with van der Waals surface area (Å²) in [5.74, 6) is -0.734. The van der Waals surface area contributed by atoms with Crippen molar-refractivity contribution in [2.45, 2.75) is 25.7 Å². The highest BCUT2D eigenvalue weighted by molar-refractivity contribution is 7.12. The van der Waals surface area contributed by atoms with Gasteiger partial charge in [0.25, 0.3) is 5.69 Å². The molecule has 2 aromatic rings. The molecule has 124 valence electrons. The minimum absolute atomic E-state index is 0.0513. The lowest BCUT2D eigenvalue weighted by Crippen LogP contribution is -2.10. The molecule has 6 nitrogen and oxygen atoms in total. The number of fused-ring (bicyclic) bond motifs is 1. The van der Waals surface area contributed by atoms with E-state index < -0.39 is 4.92 Å². The number of thiophene rings is 1. The SMILES string of the molecule is COC(=O)C1CCc2c1sc(C)c2C(=O)c1ccc([N+](=O)[O-])cc1. The summed E-state index contributed by atoms with van der Waals surface area (Å²) in [6.07, 6.45) is 1.31. The van der Waals surface area contributed by atoms with Crippen molar-refractivity contribution in [2.24, 2.45) is 0 Å². The molecule has 0 bridgehead atoms. The number of carbonyl (C=O) groups is 2. The topological polar surface area (TPSA) is 86.5 Å². The summed E-state index contributed by atoms with van der Waals surface area (Å²) in [7, 11) is 1.36. The molecule has 3 rings (SSSR count). The van der Waals surface area contributed by atoms with E-state index >= 15 is 0 Å². The standard InChI is InChI=1S/C17H15NO5S/c1-9-14(12-7-8-13(16(12)24-9)17(20)23-2)15(19)10-3-5-11(6-4-10)18(21)22/h3-6,13H,7-8H2,1-2H3. The Kier molecular flexibility index (Phi) is 4.19. The predicted molar refractivity (Wildman–Crippen MR) is 88.7 cm³/mol. The van der Waals surface area contributed by atoms with Crippen LogP contribution in [0.1, 0.15) is 43.6 Å². The Morgan fingerprint density at radius 3 is 2.54 bits per heavy atom. The zero-order valence-electron chi connectivity index (χ0n) is 13.2. The van der Waals surface area contributed by atoms with Gasteiger partial charge < -0.3 is 4.74 Å². The van der Waals surface area contributed by atoms with E-state index in [1.54, 1.807) is 0 Å². The van der Waals surface area contributed by atoms with Gasteiger partial charge in [0, 0.05) is 33.0 Å². The summed E-state index contributed by atoms with van der Waals surface area (Å²) in [5, 5.41) is 10.7. The van der Waals surface area contributed by atoms with Crippen molar-refractivity contribution >= 4 is 28.8 Å². The van der Waals surface area contributed by atoms with Crippen LogP contribution < -0.4 is 0 Å². The highest BCUT2D eigenvalue weighted by Crippen LogP contribution is 2.43. The molecule has 0 amide bonds. The minimum Gasteiger partial charge on any atom is -0.469 e. The van der Waals surface area contributed by atoms with Gasteiger partial charge in [-0.1, -0.05) is 0 Å². The van der Waals surface area contributed by atoms with Crippen molar-refractivity contribution in [3.63, 3.8) is 0 Å². The molecule has 0 saturated heterocycles. The number of nitro groups is 1. The minimum atomic E-state index is -0.497. The van der Waals surface area contributed by atoms with Gasteiger partial charge in [-0.2, -0.15) is 0 Å². The van der Waals surface area contributed by atoms with Crippen LogP contribution in [-0.4, -0.2) is 23.8 Å². The zero-order chi connectivity index (χ0) is 17.4. The van der Waals surface area contributed by atoms with Crippen LogP contribution in [0.15, 0.2) is 24.3 Å². The summed E-state index contributed by atoms with van der Waals surface area (Å²) in [6, 6.07) is 5.59. The quantitative estimate of drug-likeness (QED) is 0.367. The number of esters is 1. The van der Waals surface area contributed by atoms with Crippen LogP contribution in [0.2, 0.25) is 0 Å². The third kappa shape index (κ3) is 2.60. The average molecular weight is 345 g/mol. The van der Waals surface area contributed by atoms with E-state index in [1.165, 1.54) is 42.7 Å². The number of ether oxygens (including phenoxy) is 1. The summed E-state index contributed by atoms with van der Waals surface area (Å²) < 4.78 is 4.84. The summed E-state index contributed by atoms with van der Waals surface area (Å²) in [4.78, 5) is 36.7. The van der Waals surface area contributed by atoms with E-state index in [0.717, 1.165) is 15.3 Å². The monoisotopic (exact) mass is 345 g/mol. The van der Waals surface area contributed by atoms with Gasteiger partial charge in [-0.05, 0) is 37.5 Å². The molecule has 24 heavy (non-hydrogen) atoms. The molecule has 0 radical (unpaired) electrons. The van der Waals surface area contributed by atoms with Crippen LogP contribution in [0.3, 0.4) is 0 Å². The Labute approximate surface area is 142 Å². The largest absolute Gasteiger partial charge is 0.469 e. The summed E-state index contributed by atoms with van der Waals surface area (Å²) in [5.41, 5.74) is 1.89. The fourth-order valence-corrected chi connectivity index (χ4v) is 4.44. The number of ketones is 1. The molecule has 1 aromatic carbocycles. The molecule has 1 unspecified atom stereocenters. The van der Waals surface area contributed by atoms with Gasteiger partial charge in [0.15, 0.2) is 5.78 Å². The van der Waals surface area contributed by atoms with Crippen LogP contribution in [0.5, 0.6) is 0 Å². The number of hydrogen-bond acceptors (Lipinski definition) is 6. The van der Waals surface area contributed by atoms with Crippen LogP contribution in [0, 0.1) is 17.0 Å². The van der Waals surface area contributed by atoms with E-state index in [1.807, 2.05) is 6.92 Å². The summed E-state index contributed by atoms with van der Waals surface area (Å²) >= 11 is 1.46. The molecule has 0 fully saturated rings. The number of non-ortho nitro benzene ring substituents is 1. The molecule has 0 saturated carbocycles. The first-order chi connectivity index (χ1) is 11.4. The first-order valence-electron chi connectivity index (χ1n) is 7.43. The molecule has 1 aliphatic rings. The maximum Gasteiger partial charge on any atom is 0.313 e. The van der Waals surface area contributed by atoms with Crippen LogP contribution in [0.4, 0.5) is 5.69 Å². The van der Waals surface area contributed by atoms with Crippen molar-refractivity contribution in [1.29, 1.82) is 0 Å². The van der Waals surface area contributed by atoms with Crippen molar-refractivity contribution in [3.05, 3.63) is 60.8 Å². The van der Waals surface area contributed by atoms with Gasteiger partial charge >= 0.3 is 5.97 Å². The van der Waals surface area contributed by atoms with Gasteiger partial charge in [-0.25, -0.2) is 0 Å². The maximum absolute atomic E-state index is 12.8. The van der Waals surface area contributed by atoms with Crippen molar-refractivity contribution in [1.82, 2.24) is 0 Å². The second-order valence-corrected chi connectivity index (χ2v) is 6.88. The molecule has 0 spiro atoms. The third-order valence-corrected chi connectivity index (χ3v) is 5.53. The Morgan fingerprint density at radius 1 is 1.29 bits per heavy atom. The van der Waals surface area contributed by atoms with E-state index in [4.69, 9.17) is 4.74 Å². The number of nitrogens with zero attached hydrogens (tertiary/aromatic N) is 1. The molecule has 7 heteroatoms. The third-order valence-electron chi connectivity index (χ3n) is 4.27. The Balaban J connectivity index is 1.97. The van der Waals surface area contributed by atoms with Crippen LogP contribution in [0.25, 0.3) is 0 Å². The second-order valence-electron chi connectivity index (χ2n) is 5.62. The Bertz CT molecular complexity index is 837. The van der Waals surface area contributed by atoms with E-state index in [0.29, 0.717) is 24.0 Å². The molecular weight excluding hydrogens is 330 g/mol. The number of rotatable bonds is 4. The van der Waals surface area contributed by atoms with E-state index in [-0.39, 0.29) is 23.4 Å². The molecule has 1 heterocycles. The van der Waals surface area contributed by atoms with Crippen molar-refractivity contribution < 1.29 is 19.2 Å². The van der Waals surface area contributed by atoms with Crippen molar-refractivity contribution in [2.75, 3.05) is 7.11 Å². The lowest BCUT2D eigenvalue weighted by atomic mass is 9.99. The number of benzene rings is 1.